The lowest BCUT2D eigenvalue weighted by molar-refractivity contribution is -0.0319. The van der Waals surface area contributed by atoms with Crippen LogP contribution in [-0.2, 0) is 5.54 Å². The zero-order valence-electron chi connectivity index (χ0n) is 12.6. The number of likely N-dealkylation sites (tertiary alicyclic amines) is 1. The molecule has 22 heavy (non-hydrogen) atoms. The van der Waals surface area contributed by atoms with Crippen LogP contribution >= 0.6 is 0 Å². The molecule has 1 aromatic heterocycles. The van der Waals surface area contributed by atoms with E-state index in [2.05, 4.69) is 88.6 Å². The first-order chi connectivity index (χ1) is 10.8. The van der Waals surface area contributed by atoms with Crippen LogP contribution in [0, 0.1) is 0 Å². The lowest BCUT2D eigenvalue weighted by atomic mass is 9.69. The maximum absolute atomic E-state index is 4.51. The van der Waals surface area contributed by atoms with Crippen molar-refractivity contribution in [2.75, 3.05) is 13.6 Å². The molecule has 2 aromatic carbocycles. The van der Waals surface area contributed by atoms with Gasteiger partial charge < -0.3 is 0 Å². The lowest BCUT2D eigenvalue weighted by Gasteiger charge is -2.57. The normalized spacial score (nSPS) is 20.5. The zero-order valence-corrected chi connectivity index (χ0v) is 12.6. The first-order valence-electron chi connectivity index (χ1n) is 7.65. The van der Waals surface area contributed by atoms with Gasteiger partial charge in [-0.2, -0.15) is 5.10 Å². The second-order valence-electron chi connectivity index (χ2n) is 5.88. The van der Waals surface area contributed by atoms with Crippen molar-refractivity contribution < 1.29 is 0 Å². The number of aromatic nitrogens is 2. The van der Waals surface area contributed by atoms with Crippen molar-refractivity contribution in [3.05, 3.63) is 90.3 Å². The van der Waals surface area contributed by atoms with Crippen LogP contribution in [-0.4, -0.2) is 28.3 Å². The van der Waals surface area contributed by atoms with Gasteiger partial charge in [-0.3, -0.25) is 9.58 Å². The Kier molecular flexibility index (Phi) is 3.09. The van der Waals surface area contributed by atoms with E-state index in [4.69, 9.17) is 0 Å². The molecular formula is C19H19N3. The Morgan fingerprint density at radius 1 is 0.909 bits per heavy atom. The largest absolute Gasteiger partial charge is 0.289 e. The average molecular weight is 289 g/mol. The summed E-state index contributed by atoms with van der Waals surface area (Å²) < 4.78 is 2.10. The van der Waals surface area contributed by atoms with Crippen LogP contribution in [0.2, 0.25) is 0 Å². The van der Waals surface area contributed by atoms with Crippen molar-refractivity contribution in [3.8, 4) is 0 Å². The van der Waals surface area contributed by atoms with Crippen LogP contribution in [0.15, 0.2) is 79.1 Å². The van der Waals surface area contributed by atoms with Gasteiger partial charge in [0.2, 0.25) is 0 Å². The van der Waals surface area contributed by atoms with Crippen LogP contribution in [0.1, 0.15) is 17.2 Å². The molecule has 1 aliphatic heterocycles. The van der Waals surface area contributed by atoms with Gasteiger partial charge in [0.05, 0.1) is 11.6 Å². The predicted molar refractivity (Wildman–Crippen MR) is 87.6 cm³/mol. The predicted octanol–water partition coefficient (Wildman–Crippen LogP) is 3.31. The van der Waals surface area contributed by atoms with E-state index < -0.39 is 0 Å². The molecule has 2 heterocycles. The third kappa shape index (κ3) is 1.76. The molecule has 0 aliphatic carbocycles. The monoisotopic (exact) mass is 289 g/mol. The minimum absolute atomic E-state index is 0.158. The number of nitrogens with zero attached hydrogens (tertiary/aromatic N) is 3. The van der Waals surface area contributed by atoms with Crippen LogP contribution in [0.5, 0.6) is 0 Å². The number of benzene rings is 2. The van der Waals surface area contributed by atoms with Gasteiger partial charge in [0.15, 0.2) is 0 Å². The fourth-order valence-electron chi connectivity index (χ4n) is 3.79. The van der Waals surface area contributed by atoms with Gasteiger partial charge in [-0.1, -0.05) is 60.7 Å². The molecule has 1 fully saturated rings. The van der Waals surface area contributed by atoms with Crippen LogP contribution in [0.4, 0.5) is 0 Å². The molecule has 3 nitrogen and oxygen atoms in total. The Hall–Kier alpha value is -2.39. The highest BCUT2D eigenvalue weighted by atomic mass is 15.4. The van der Waals surface area contributed by atoms with E-state index in [0.29, 0.717) is 6.04 Å². The van der Waals surface area contributed by atoms with Crippen LogP contribution in [0.25, 0.3) is 0 Å². The molecule has 0 amide bonds. The van der Waals surface area contributed by atoms with E-state index in [0.717, 1.165) is 6.54 Å². The Labute approximate surface area is 130 Å². The maximum Gasteiger partial charge on any atom is 0.0954 e. The van der Waals surface area contributed by atoms with E-state index in [1.54, 1.807) is 0 Å². The maximum atomic E-state index is 4.51. The van der Waals surface area contributed by atoms with E-state index in [9.17, 15) is 0 Å². The summed E-state index contributed by atoms with van der Waals surface area (Å²) in [6.07, 6.45) is 3.93. The number of likely N-dealkylation sites (N-methyl/N-ethyl adjacent to an activating group) is 1. The van der Waals surface area contributed by atoms with Crippen LogP contribution < -0.4 is 0 Å². The van der Waals surface area contributed by atoms with Crippen molar-refractivity contribution in [1.82, 2.24) is 14.7 Å². The highest BCUT2D eigenvalue weighted by Crippen LogP contribution is 2.51. The van der Waals surface area contributed by atoms with Gasteiger partial charge in [-0.15, -0.1) is 0 Å². The van der Waals surface area contributed by atoms with E-state index >= 15 is 0 Å². The van der Waals surface area contributed by atoms with E-state index in [1.807, 2.05) is 12.3 Å². The Balaban J connectivity index is 1.93. The molecular weight excluding hydrogens is 270 g/mol. The first kappa shape index (κ1) is 13.3. The van der Waals surface area contributed by atoms with Gasteiger partial charge in [0.25, 0.3) is 0 Å². The minimum atomic E-state index is -0.158. The highest BCUT2D eigenvalue weighted by molar-refractivity contribution is 5.43. The molecule has 4 rings (SSSR count). The molecule has 1 aliphatic rings. The minimum Gasteiger partial charge on any atom is -0.289 e. The zero-order chi connectivity index (χ0) is 15.0. The smallest absolute Gasteiger partial charge is 0.0954 e. The quantitative estimate of drug-likeness (QED) is 0.737. The van der Waals surface area contributed by atoms with Gasteiger partial charge >= 0.3 is 0 Å². The fraction of sp³-hybridized carbons (Fsp3) is 0.211. The molecule has 0 N–H and O–H groups in total. The summed E-state index contributed by atoms with van der Waals surface area (Å²) in [5, 5.41) is 4.51. The first-order valence-corrected chi connectivity index (χ1v) is 7.65. The Morgan fingerprint density at radius 3 is 1.95 bits per heavy atom. The molecule has 1 saturated heterocycles. The molecule has 0 bridgehead atoms. The van der Waals surface area contributed by atoms with Crippen molar-refractivity contribution in [2.24, 2.45) is 0 Å². The van der Waals surface area contributed by atoms with Gasteiger partial charge in [0, 0.05) is 18.9 Å². The molecule has 0 spiro atoms. The molecule has 0 radical (unpaired) electrons. The summed E-state index contributed by atoms with van der Waals surface area (Å²) in [6, 6.07) is 23.8. The third-order valence-electron chi connectivity index (χ3n) is 4.80. The second kappa shape index (κ2) is 5.11. The SMILES string of the molecule is CN1CC(n2cccn2)C1(c1ccccc1)c1ccccc1. The average Bonchev–Trinajstić information content (AvgIpc) is 3.09. The van der Waals surface area contributed by atoms with Gasteiger partial charge in [-0.05, 0) is 24.2 Å². The summed E-state index contributed by atoms with van der Waals surface area (Å²) >= 11 is 0. The van der Waals surface area contributed by atoms with Crippen molar-refractivity contribution in [3.63, 3.8) is 0 Å². The Morgan fingerprint density at radius 2 is 1.50 bits per heavy atom. The molecule has 3 aromatic rings. The highest BCUT2D eigenvalue weighted by Gasteiger charge is 2.55. The summed E-state index contributed by atoms with van der Waals surface area (Å²) in [5.74, 6) is 0. The third-order valence-corrected chi connectivity index (χ3v) is 4.80. The van der Waals surface area contributed by atoms with E-state index in [1.165, 1.54) is 11.1 Å². The molecule has 110 valence electrons. The fourth-order valence-corrected chi connectivity index (χ4v) is 3.79. The van der Waals surface area contributed by atoms with Crippen molar-refractivity contribution >= 4 is 0 Å². The topological polar surface area (TPSA) is 21.1 Å². The summed E-state index contributed by atoms with van der Waals surface area (Å²) in [4.78, 5) is 2.42. The number of rotatable bonds is 3. The number of hydrogen-bond acceptors (Lipinski definition) is 2. The van der Waals surface area contributed by atoms with Gasteiger partial charge in [-0.25, -0.2) is 0 Å². The molecule has 0 saturated carbocycles. The summed E-state index contributed by atoms with van der Waals surface area (Å²) in [6.45, 7) is 0.992. The van der Waals surface area contributed by atoms with Gasteiger partial charge in [0.1, 0.15) is 0 Å². The number of hydrogen-bond donors (Lipinski definition) is 0. The standard InChI is InChI=1S/C19H19N3/c1-21-15-18(22-14-8-13-20-22)19(21,16-9-4-2-5-10-16)17-11-6-3-7-12-17/h2-14,18H,15H2,1H3. The van der Waals surface area contributed by atoms with Crippen molar-refractivity contribution in [1.29, 1.82) is 0 Å². The van der Waals surface area contributed by atoms with Crippen LogP contribution in [0.3, 0.4) is 0 Å². The molecule has 1 unspecified atom stereocenters. The second-order valence-corrected chi connectivity index (χ2v) is 5.88. The molecule has 1 atom stereocenters. The van der Waals surface area contributed by atoms with Crippen molar-refractivity contribution in [2.45, 2.75) is 11.6 Å². The lowest BCUT2D eigenvalue weighted by Crippen LogP contribution is -2.64. The van der Waals surface area contributed by atoms with E-state index in [-0.39, 0.29) is 5.54 Å². The summed E-state index contributed by atoms with van der Waals surface area (Å²) in [7, 11) is 2.19. The molecule has 3 heteroatoms. The Bertz CT molecular complexity index is 695. The summed E-state index contributed by atoms with van der Waals surface area (Å²) in [5.41, 5.74) is 2.47.